The number of oxime groups is 2. The number of carbonyl (C=O) groups excluding carboxylic acids is 7. The summed E-state index contributed by atoms with van der Waals surface area (Å²) in [7, 11) is 4.72. The summed E-state index contributed by atoms with van der Waals surface area (Å²) in [4.78, 5) is 139. The Kier molecular flexibility index (Phi) is 37.3. The van der Waals surface area contributed by atoms with Crippen molar-refractivity contribution in [3.63, 3.8) is 0 Å². The lowest BCUT2D eigenvalue weighted by Crippen LogP contribution is -2.62. The van der Waals surface area contributed by atoms with Crippen LogP contribution in [-0.2, 0) is 113 Å². The molecule has 0 aliphatic carbocycles. The summed E-state index contributed by atoms with van der Waals surface area (Å²) in [5.41, 5.74) is -4.50. The third kappa shape index (κ3) is 26.7. The van der Waals surface area contributed by atoms with Crippen LogP contribution in [0, 0.1) is 35.5 Å². The van der Waals surface area contributed by atoms with E-state index in [4.69, 9.17) is 67.5 Å². The maximum absolute atomic E-state index is 17.1. The summed E-state index contributed by atoms with van der Waals surface area (Å²) in [6.07, 6.45) is -9.75. The molecule has 6 aliphatic heterocycles. The van der Waals surface area contributed by atoms with E-state index in [1.165, 1.54) is 57.3 Å². The fraction of sp³-hybridized carbons (Fsp3) is 0.707. The number of halogens is 2. The van der Waals surface area contributed by atoms with Crippen LogP contribution in [0.25, 0.3) is 21.1 Å². The molecule has 36 nitrogen and oxygen atoms in total. The quantitative estimate of drug-likeness (QED) is 0.0170. The predicted molar refractivity (Wildman–Crippen MR) is 495 cm³/mol. The molecule has 4 aromatic rings. The van der Waals surface area contributed by atoms with Gasteiger partial charge >= 0.3 is 17.9 Å². The number of cyclic esters (lactones) is 2. The first kappa shape index (κ1) is 109. The number of aromatic nitrogens is 4. The van der Waals surface area contributed by atoms with E-state index in [-0.39, 0.29) is 89.6 Å². The van der Waals surface area contributed by atoms with E-state index < -0.39 is 204 Å². The average molecular weight is 1930 g/mol. The van der Waals surface area contributed by atoms with Gasteiger partial charge in [0.1, 0.15) is 62.6 Å². The molecular weight excluding hydrogens is 1790 g/mol. The van der Waals surface area contributed by atoms with Crippen LogP contribution in [0.4, 0.5) is 20.4 Å². The molecule has 6 fully saturated rings. The fourth-order valence-electron chi connectivity index (χ4n) is 18.4. The number of likely N-dealkylation sites (N-methyl/N-ethyl adjacent to an activating group) is 2. The summed E-state index contributed by atoms with van der Waals surface area (Å²) >= 11 is 2.76. The van der Waals surface area contributed by atoms with Gasteiger partial charge in [-0.15, -0.1) is 22.7 Å². The zero-order chi connectivity index (χ0) is 98.7. The van der Waals surface area contributed by atoms with Gasteiger partial charge in [-0.3, -0.25) is 33.9 Å². The van der Waals surface area contributed by atoms with Crippen molar-refractivity contribution in [1.82, 2.24) is 29.7 Å². The Morgan fingerprint density at radius 1 is 0.609 bits per heavy atom. The number of aliphatic hydroxyl groups is 3. The number of thiazole rings is 2. The zero-order valence-corrected chi connectivity index (χ0v) is 83.6. The van der Waals surface area contributed by atoms with E-state index in [1.54, 1.807) is 104 Å². The van der Waals surface area contributed by atoms with Crippen LogP contribution < -0.4 is 10.8 Å². The SMILES string of the molecule is CCC(=O)N=C1[C@H](C)C[C@@]2(C)OC/C(=N/OCc3ccc(-c4nc(N)cs4)cn3)CO[C@H]([C@H]1C)[C@](C)(O)[C@@H](CC)OC(=O)[C@@](C)(F)C(=O)[C@H](C)[C@H]2O[C@@H]1O[C@H](C)C[C@H](N(C)C)[C@H]1OC(C)=O.CCC(=O)N=C1[C@H](C)C[C@@]2(C)OC/C(=N/OCc3ccc(-c4nc(NP(C)(C)=O)cs4)cn3)CO[C@H]([C@H]1C)[C@](C)(O)[C@@H](CC)OC(=O)[C@@](C)(F)C(=O)[C@H](C)[C@H]2O[C@@H]1O[C@H](C)C[C@H](N(C)C)[C@H]1O. The summed E-state index contributed by atoms with van der Waals surface area (Å²) in [6, 6.07) is 6.33. The Hall–Kier alpha value is -7.90. The van der Waals surface area contributed by atoms with Crippen LogP contribution in [-0.4, -0.2) is 297 Å². The van der Waals surface area contributed by atoms with Gasteiger partial charge in [-0.25, -0.2) is 38.3 Å². The van der Waals surface area contributed by atoms with Gasteiger partial charge in [-0.1, -0.05) is 79.5 Å². The lowest BCUT2D eigenvalue weighted by atomic mass is 9.73. The van der Waals surface area contributed by atoms with Crippen LogP contribution in [0.3, 0.4) is 0 Å². The van der Waals surface area contributed by atoms with Gasteiger partial charge in [-0.05, 0) is 158 Å². The van der Waals surface area contributed by atoms with Crippen molar-refractivity contribution < 1.29 is 124 Å². The molecule has 4 bridgehead atoms. The molecule has 740 valence electrons. The average Bonchev–Trinajstić information content (AvgIpc) is 1.48. The first-order valence-corrected chi connectivity index (χ1v) is 49.6. The summed E-state index contributed by atoms with van der Waals surface area (Å²) in [6.45, 7) is 31.0. The van der Waals surface area contributed by atoms with Crippen LogP contribution in [0.1, 0.15) is 194 Å². The number of anilines is 2. The highest BCUT2D eigenvalue weighted by Gasteiger charge is 2.60. The Labute approximate surface area is 785 Å². The number of rotatable bonds is 21. The number of fused-ring (bicyclic) bond motifs is 10. The number of aliphatic hydroxyl groups excluding tert-OH is 1. The molecule has 10 rings (SSSR count). The van der Waals surface area contributed by atoms with E-state index in [0.29, 0.717) is 57.3 Å². The standard InChI is InChI=1S/C46H70FN6O12PS.C46H67FN6O12S/c1-14-33-46(9,58)40-27(5)36(50-35(54)15-2)25(3)19-44(7,39(28(6)38(56)45(8,47)43(57)64-33)65-42-37(55)32(53(10)11)18-26(4)63-42)61-22-31(21-60-40)51-62-23-30-17-16-29(20-48-30)41-49-34(24-67-41)52-66(12,13)59;1-13-33-46(10,58)40-26(5)36(51-35(55)14-2)24(3)18-44(8,60-21-31(20-59-40)52-61-22-30-16-15-29(19-49-30)41-50-34(48)23-66-41)39(27(6)38(56)45(9,47)43(57)64-33)65-42-37(63-28(7)54)32(53(11)12)17-25(4)62-42/h16-17,20,24-28,32-33,37,39-40,42,55,58H,14-15,18-19,21-23H2,1-13H3,(H,52,59);15-16,19,23-27,32-33,37,39-40,42,58H,13-14,17-18,20-22,48H2,1-12H3/b50-36?,51-31+;51-36?,52-31+/t25-,26-,27+,28+,32+,33-,37-,39-,40-,42+,44-,45+,46-;24-,25-,26+,27+,32+,33-,37-,39-,40-,42+,44-,45+,46-/m11/s1. The van der Waals surface area contributed by atoms with Crippen molar-refractivity contribution in [3.8, 4) is 21.1 Å². The van der Waals surface area contributed by atoms with Gasteiger partial charge in [0.05, 0.1) is 91.7 Å². The number of nitrogens with two attached hydrogens (primary N) is 1. The minimum absolute atomic E-state index is 0.0122. The number of pyridine rings is 2. The van der Waals surface area contributed by atoms with Gasteiger partial charge in [-0.2, -0.15) is 0 Å². The lowest BCUT2D eigenvalue weighted by molar-refractivity contribution is -0.299. The molecule has 133 heavy (non-hydrogen) atoms. The largest absolute Gasteiger partial charge is 0.457 e. The second-order valence-electron chi connectivity index (χ2n) is 37.7. The maximum atomic E-state index is 17.1. The van der Waals surface area contributed by atoms with Gasteiger partial charge in [0.2, 0.25) is 11.8 Å². The number of carbonyl (C=O) groups is 7. The molecule has 0 unspecified atom stereocenters. The van der Waals surface area contributed by atoms with Crippen molar-refractivity contribution >= 4 is 106 Å². The van der Waals surface area contributed by atoms with Crippen LogP contribution in [0.15, 0.2) is 67.7 Å². The molecule has 26 atom stereocenters. The van der Waals surface area contributed by atoms with E-state index in [2.05, 4.69) is 45.3 Å². The Morgan fingerprint density at radius 2 is 1.02 bits per heavy atom. The van der Waals surface area contributed by atoms with Gasteiger partial charge in [0.25, 0.3) is 11.3 Å². The second-order valence-corrected chi connectivity index (χ2v) is 42.4. The van der Waals surface area contributed by atoms with Crippen LogP contribution >= 0.6 is 30.0 Å². The highest BCUT2D eigenvalue weighted by atomic mass is 32.1. The van der Waals surface area contributed by atoms with Crippen molar-refractivity contribution in [3.05, 3.63) is 58.8 Å². The molecule has 6 saturated heterocycles. The molecule has 6 aliphatic rings. The molecule has 6 N–H and O–H groups in total. The monoisotopic (exact) mass is 1930 g/mol. The fourth-order valence-corrected chi connectivity index (χ4v) is 20.6. The normalized spacial score (nSPS) is 36.3. The minimum Gasteiger partial charge on any atom is -0.457 e. The number of amides is 2. The van der Waals surface area contributed by atoms with Gasteiger partial charge in [0, 0.05) is 109 Å². The van der Waals surface area contributed by atoms with Gasteiger partial charge < -0.3 is 102 Å². The number of alkyl halides is 2. The molecule has 0 spiro atoms. The lowest BCUT2D eigenvalue weighted by Gasteiger charge is -2.48. The molecule has 0 aromatic carbocycles. The highest BCUT2D eigenvalue weighted by Crippen LogP contribution is 2.46. The molecule has 0 radical (unpaired) electrons. The van der Waals surface area contributed by atoms with Crippen molar-refractivity contribution in [2.24, 2.45) is 55.8 Å². The number of esters is 3. The van der Waals surface area contributed by atoms with Crippen LogP contribution in [0.5, 0.6) is 0 Å². The van der Waals surface area contributed by atoms with E-state index in [0.717, 1.165) is 25.0 Å². The summed E-state index contributed by atoms with van der Waals surface area (Å²) in [5.74, 6) is -12.0. The Morgan fingerprint density at radius 3 is 1.41 bits per heavy atom. The van der Waals surface area contributed by atoms with E-state index >= 15 is 8.78 Å². The molecule has 10 heterocycles. The number of Topliss-reactive ketones (excluding diaryl/α,β-unsaturated/α-hetero) is 2. The van der Waals surface area contributed by atoms with Crippen molar-refractivity contribution in [2.75, 3.05) is 78.8 Å². The zero-order valence-electron chi connectivity index (χ0n) is 81.0. The number of aliphatic imine (C=N–C) groups is 2. The number of nitrogens with zero attached hydrogens (tertiary/aromatic N) is 10. The predicted octanol–water partition coefficient (Wildman–Crippen LogP) is 11.3. The second kappa shape index (κ2) is 45.6. The molecule has 0 saturated carbocycles. The number of ether oxygens (including phenoxy) is 11. The summed E-state index contributed by atoms with van der Waals surface area (Å²) in [5, 5.41) is 53.4. The Balaban J connectivity index is 0.000000299. The topological polar surface area (TPSA) is 463 Å². The number of nitrogens with one attached hydrogen (secondary N) is 1. The first-order valence-electron chi connectivity index (χ1n) is 45.3. The smallest absolute Gasteiger partial charge is 0.351 e. The number of hydrogen-bond acceptors (Lipinski definition) is 35. The Bertz CT molecular complexity index is 4860. The number of hydrogen-bond donors (Lipinski definition) is 5. The molecule has 2 amide bonds. The van der Waals surface area contributed by atoms with Crippen LogP contribution in [0.2, 0.25) is 0 Å². The number of ketones is 2. The third-order valence-electron chi connectivity index (χ3n) is 25.5. The van der Waals surface area contributed by atoms with Gasteiger partial charge in [0.15, 0.2) is 50.8 Å². The first-order chi connectivity index (χ1) is 62.1. The highest BCUT2D eigenvalue weighted by molar-refractivity contribution is 7.63. The van der Waals surface area contributed by atoms with Crippen molar-refractivity contribution in [2.45, 2.75) is 316 Å². The molecule has 4 aromatic heterocycles. The van der Waals surface area contributed by atoms with E-state index in [1.807, 2.05) is 77.8 Å². The summed E-state index contributed by atoms with van der Waals surface area (Å²) < 4.78 is 117. The minimum atomic E-state index is -3.26. The maximum Gasteiger partial charge on any atom is 0.351 e. The number of nitrogen functional groups attached to an aromatic ring is 1. The van der Waals surface area contributed by atoms with E-state index in [9.17, 15) is 53.4 Å². The molecule has 41 heteroatoms. The third-order valence-corrected chi connectivity index (χ3v) is 28.0. The molecular formula is C92H137F2N12O24PS2. The van der Waals surface area contributed by atoms with Crippen molar-refractivity contribution in [1.29, 1.82) is 0 Å².